The molecule has 2 aliphatic heterocycles. The molecule has 2 amide bonds. The lowest BCUT2D eigenvalue weighted by molar-refractivity contribution is -0.118. The van der Waals surface area contributed by atoms with Crippen LogP contribution in [0.2, 0.25) is 0 Å². The van der Waals surface area contributed by atoms with Crippen molar-refractivity contribution in [1.82, 2.24) is 25.4 Å². The molecule has 2 fully saturated rings. The maximum atomic E-state index is 12.9. The summed E-state index contributed by atoms with van der Waals surface area (Å²) in [6.45, 7) is 2.52. The van der Waals surface area contributed by atoms with Gasteiger partial charge in [-0.1, -0.05) is 0 Å². The van der Waals surface area contributed by atoms with Crippen molar-refractivity contribution in [1.29, 1.82) is 0 Å². The molecule has 1 unspecified atom stereocenters. The third-order valence-corrected chi connectivity index (χ3v) is 6.53. The van der Waals surface area contributed by atoms with Gasteiger partial charge in [-0.3, -0.25) is 19.7 Å². The van der Waals surface area contributed by atoms with E-state index >= 15 is 0 Å². The van der Waals surface area contributed by atoms with Gasteiger partial charge in [-0.15, -0.1) is 0 Å². The third kappa shape index (κ3) is 3.21. The first-order valence-electron chi connectivity index (χ1n) is 10.3. The summed E-state index contributed by atoms with van der Waals surface area (Å²) in [5.41, 5.74) is 3.15. The number of carbonyl (C=O) groups excluding carboxylic acids is 2. The molecule has 0 saturated carbocycles. The molecule has 152 valence electrons. The van der Waals surface area contributed by atoms with Crippen LogP contribution in [0.25, 0.3) is 0 Å². The fraction of sp³-hybridized carbons (Fsp3) is 0.524. The monoisotopic (exact) mass is 395 g/mol. The molecule has 8 heteroatoms. The lowest BCUT2D eigenvalue weighted by Gasteiger charge is -2.50. The molecule has 4 heterocycles. The predicted molar refractivity (Wildman–Crippen MR) is 104 cm³/mol. The summed E-state index contributed by atoms with van der Waals surface area (Å²) >= 11 is 0. The lowest BCUT2D eigenvalue weighted by atomic mass is 9.78. The van der Waals surface area contributed by atoms with Gasteiger partial charge in [-0.05, 0) is 50.2 Å². The van der Waals surface area contributed by atoms with Gasteiger partial charge in [0.1, 0.15) is 5.60 Å². The quantitative estimate of drug-likeness (QED) is 0.796. The van der Waals surface area contributed by atoms with Gasteiger partial charge in [-0.2, -0.15) is 5.10 Å². The number of aromatic nitrogens is 3. The number of aromatic amines is 1. The first-order valence-corrected chi connectivity index (χ1v) is 10.3. The van der Waals surface area contributed by atoms with Crippen LogP contribution >= 0.6 is 0 Å². The van der Waals surface area contributed by atoms with Crippen molar-refractivity contribution in [3.05, 3.63) is 47.0 Å². The van der Waals surface area contributed by atoms with E-state index < -0.39 is 0 Å². The Bertz CT molecular complexity index is 920. The summed E-state index contributed by atoms with van der Waals surface area (Å²) in [6, 6.07) is 3.41. The molecule has 1 atom stereocenters. The van der Waals surface area contributed by atoms with E-state index in [4.69, 9.17) is 4.74 Å². The molecule has 5 rings (SSSR count). The minimum Gasteiger partial charge on any atom is -0.371 e. The average Bonchev–Trinajstić information content (AvgIpc) is 3.42. The van der Waals surface area contributed by atoms with Gasteiger partial charge in [0.2, 0.25) is 0 Å². The zero-order valence-corrected chi connectivity index (χ0v) is 16.3. The molecule has 0 bridgehead atoms. The van der Waals surface area contributed by atoms with Crippen LogP contribution in [0.1, 0.15) is 51.4 Å². The number of hydrogen-bond donors (Lipinski definition) is 2. The van der Waals surface area contributed by atoms with Crippen molar-refractivity contribution < 1.29 is 14.3 Å². The molecule has 0 radical (unpaired) electrons. The Balaban J connectivity index is 1.16. The summed E-state index contributed by atoms with van der Waals surface area (Å²) in [7, 11) is 0. The van der Waals surface area contributed by atoms with Crippen molar-refractivity contribution in [3.8, 4) is 0 Å². The average molecular weight is 395 g/mol. The van der Waals surface area contributed by atoms with Gasteiger partial charge in [0.15, 0.2) is 5.69 Å². The summed E-state index contributed by atoms with van der Waals surface area (Å²) in [5, 5.41) is 10.3. The zero-order chi connectivity index (χ0) is 19.8. The molecule has 2 N–H and O–H groups in total. The molecule has 2 aromatic rings. The van der Waals surface area contributed by atoms with E-state index in [0.717, 1.165) is 43.4 Å². The second kappa shape index (κ2) is 7.26. The number of carbonyl (C=O) groups is 2. The Labute approximate surface area is 169 Å². The number of amides is 2. The highest BCUT2D eigenvalue weighted by molar-refractivity contribution is 5.95. The van der Waals surface area contributed by atoms with E-state index in [1.807, 2.05) is 4.90 Å². The molecule has 1 spiro atoms. The molecular weight excluding hydrogens is 370 g/mol. The number of nitrogens with zero attached hydrogens (tertiary/aromatic N) is 3. The maximum Gasteiger partial charge on any atom is 0.274 e. The summed E-state index contributed by atoms with van der Waals surface area (Å²) in [6.07, 6.45) is 8.04. The van der Waals surface area contributed by atoms with Crippen LogP contribution in [0.15, 0.2) is 24.5 Å². The van der Waals surface area contributed by atoms with Crippen LogP contribution in [-0.4, -0.2) is 63.7 Å². The third-order valence-electron chi connectivity index (χ3n) is 6.53. The molecular formula is C21H25N5O3. The van der Waals surface area contributed by atoms with Crippen molar-refractivity contribution in [3.63, 3.8) is 0 Å². The van der Waals surface area contributed by atoms with Crippen LogP contribution < -0.4 is 5.32 Å². The van der Waals surface area contributed by atoms with Gasteiger partial charge in [0.05, 0.1) is 13.1 Å². The number of nitrogens with one attached hydrogen (secondary N) is 2. The lowest BCUT2D eigenvalue weighted by Crippen LogP contribution is -2.66. The van der Waals surface area contributed by atoms with Crippen LogP contribution in [-0.2, 0) is 17.6 Å². The minimum atomic E-state index is -0.267. The fourth-order valence-electron chi connectivity index (χ4n) is 4.90. The predicted octanol–water partition coefficient (Wildman–Crippen LogP) is 1.34. The highest BCUT2D eigenvalue weighted by atomic mass is 16.5. The standard InChI is InChI=1S/C21H25N5O3/c27-19(14-4-8-22-9-5-14)23-10-6-15-7-11-29-21(15)12-26(13-21)20(28)18-16-2-1-3-17(16)24-25-18/h4-5,8-9,15H,1-3,6-7,10-13H2,(H,23,27)(H,24,25). The van der Waals surface area contributed by atoms with Crippen LogP contribution in [0, 0.1) is 5.92 Å². The Kier molecular flexibility index (Phi) is 4.58. The van der Waals surface area contributed by atoms with Crippen molar-refractivity contribution in [2.75, 3.05) is 26.2 Å². The number of pyridine rings is 1. The Hall–Kier alpha value is -2.74. The number of fused-ring (bicyclic) bond motifs is 1. The number of aryl methyl sites for hydroxylation is 1. The Morgan fingerprint density at radius 1 is 1.28 bits per heavy atom. The van der Waals surface area contributed by atoms with E-state index in [9.17, 15) is 9.59 Å². The molecule has 8 nitrogen and oxygen atoms in total. The maximum absolute atomic E-state index is 12.9. The molecule has 3 aliphatic rings. The highest BCUT2D eigenvalue weighted by Crippen LogP contribution is 2.42. The van der Waals surface area contributed by atoms with Crippen LogP contribution in [0.4, 0.5) is 0 Å². The first-order chi connectivity index (χ1) is 14.2. The fourth-order valence-corrected chi connectivity index (χ4v) is 4.90. The largest absolute Gasteiger partial charge is 0.371 e. The van der Waals surface area contributed by atoms with Gasteiger partial charge >= 0.3 is 0 Å². The SMILES string of the molecule is O=C(NCCC1CCOC12CN(C(=O)c1n[nH]c3c1CCC3)C2)c1ccncc1. The molecule has 2 saturated heterocycles. The van der Waals surface area contributed by atoms with Crippen molar-refractivity contribution in [2.45, 2.75) is 37.7 Å². The van der Waals surface area contributed by atoms with Crippen LogP contribution in [0.3, 0.4) is 0 Å². The Morgan fingerprint density at radius 3 is 2.93 bits per heavy atom. The number of ether oxygens (including phenoxy) is 1. The summed E-state index contributed by atoms with van der Waals surface area (Å²) < 4.78 is 6.08. The van der Waals surface area contributed by atoms with Gasteiger partial charge in [0, 0.05) is 42.4 Å². The number of hydrogen-bond acceptors (Lipinski definition) is 5. The molecule has 29 heavy (non-hydrogen) atoms. The topological polar surface area (TPSA) is 100 Å². The second-order valence-electron chi connectivity index (χ2n) is 8.22. The van der Waals surface area contributed by atoms with Gasteiger partial charge < -0.3 is 15.0 Å². The Morgan fingerprint density at radius 2 is 2.10 bits per heavy atom. The number of likely N-dealkylation sites (tertiary alicyclic amines) is 1. The van der Waals surface area contributed by atoms with E-state index in [1.165, 1.54) is 0 Å². The minimum absolute atomic E-state index is 0.00950. The van der Waals surface area contributed by atoms with E-state index in [1.54, 1.807) is 24.5 Å². The normalized spacial score (nSPS) is 21.8. The molecule has 0 aromatic carbocycles. The van der Waals surface area contributed by atoms with Crippen molar-refractivity contribution in [2.24, 2.45) is 5.92 Å². The van der Waals surface area contributed by atoms with E-state index in [2.05, 4.69) is 20.5 Å². The highest BCUT2D eigenvalue weighted by Gasteiger charge is 2.54. The number of rotatable bonds is 5. The smallest absolute Gasteiger partial charge is 0.274 e. The zero-order valence-electron chi connectivity index (χ0n) is 16.3. The number of H-pyrrole nitrogens is 1. The van der Waals surface area contributed by atoms with Crippen LogP contribution in [0.5, 0.6) is 0 Å². The summed E-state index contributed by atoms with van der Waals surface area (Å²) in [5.74, 6) is 0.266. The van der Waals surface area contributed by atoms with E-state index in [-0.39, 0.29) is 17.4 Å². The van der Waals surface area contributed by atoms with Gasteiger partial charge in [0.25, 0.3) is 11.8 Å². The summed E-state index contributed by atoms with van der Waals surface area (Å²) in [4.78, 5) is 30.9. The molecule has 2 aromatic heterocycles. The molecule has 1 aliphatic carbocycles. The van der Waals surface area contributed by atoms with E-state index in [0.29, 0.717) is 43.4 Å². The van der Waals surface area contributed by atoms with Crippen molar-refractivity contribution >= 4 is 11.8 Å². The first kappa shape index (κ1) is 18.3. The van der Waals surface area contributed by atoms with Gasteiger partial charge in [-0.25, -0.2) is 0 Å². The second-order valence-corrected chi connectivity index (χ2v) is 8.22.